The van der Waals surface area contributed by atoms with Crippen molar-refractivity contribution in [3.05, 3.63) is 0 Å². The molecule has 0 saturated carbocycles. The molecule has 2 aliphatic rings. The summed E-state index contributed by atoms with van der Waals surface area (Å²) in [4.78, 5) is 14.2. The van der Waals surface area contributed by atoms with Gasteiger partial charge in [-0.15, -0.1) is 0 Å². The quantitative estimate of drug-likeness (QED) is 0.717. The van der Waals surface area contributed by atoms with Crippen LogP contribution in [-0.4, -0.2) is 63.9 Å². The Hall–Kier alpha value is -0.810. The van der Waals surface area contributed by atoms with E-state index in [1.165, 1.54) is 11.3 Å². The van der Waals surface area contributed by atoms with Crippen LogP contribution in [0.3, 0.4) is 0 Å². The molecule has 0 aromatic rings. The highest BCUT2D eigenvalue weighted by Gasteiger charge is 2.25. The van der Waals surface area contributed by atoms with Crippen LogP contribution >= 0.6 is 0 Å². The number of hydrogen-bond acceptors (Lipinski definition) is 3. The summed E-state index contributed by atoms with van der Waals surface area (Å²) in [5.41, 5.74) is 0.278. The summed E-state index contributed by atoms with van der Waals surface area (Å²) >= 11 is 0. The van der Waals surface area contributed by atoms with E-state index >= 15 is 0 Å². The molecule has 0 bridgehead atoms. The van der Waals surface area contributed by atoms with E-state index in [9.17, 15) is 9.90 Å². The van der Waals surface area contributed by atoms with Gasteiger partial charge in [-0.1, -0.05) is 0 Å². The Bertz CT molecular complexity index is 288. The van der Waals surface area contributed by atoms with Crippen LogP contribution in [0.5, 0.6) is 0 Å². The fourth-order valence-electron chi connectivity index (χ4n) is 2.62. The number of nitrogens with zero attached hydrogens (tertiary/aromatic N) is 2. The van der Waals surface area contributed by atoms with Gasteiger partial charge in [0.25, 0.3) is 0 Å². The molecule has 0 aromatic heterocycles. The zero-order chi connectivity index (χ0) is 15.2. The van der Waals surface area contributed by atoms with Crippen molar-refractivity contribution >= 4 is 6.09 Å². The van der Waals surface area contributed by atoms with Crippen molar-refractivity contribution < 1.29 is 15.0 Å². The minimum absolute atomic E-state index is 0.0476. The average Bonchev–Trinajstić information content (AvgIpc) is 2.40. The minimum Gasteiger partial charge on any atom is -0.465 e. The van der Waals surface area contributed by atoms with Crippen molar-refractivity contribution in [2.75, 3.05) is 26.2 Å². The molecule has 0 unspecified atom stereocenters. The van der Waals surface area contributed by atoms with Crippen LogP contribution in [0.2, 0.25) is 0 Å². The lowest BCUT2D eigenvalue weighted by atomic mass is 10.00. The van der Waals surface area contributed by atoms with Crippen molar-refractivity contribution in [2.45, 2.75) is 64.5 Å². The summed E-state index contributed by atoms with van der Waals surface area (Å²) in [6.07, 6.45) is 4.32. The molecule has 2 fully saturated rings. The van der Waals surface area contributed by atoms with Crippen LogP contribution in [0.25, 0.3) is 0 Å². The highest BCUT2D eigenvalue weighted by Crippen LogP contribution is 2.19. The van der Waals surface area contributed by atoms with Crippen molar-refractivity contribution in [1.29, 1.82) is 0 Å². The summed E-state index contributed by atoms with van der Waals surface area (Å²) in [7, 11) is 0. The molecule has 1 amide bonds. The third-order valence-corrected chi connectivity index (χ3v) is 4.04. The summed E-state index contributed by atoms with van der Waals surface area (Å²) in [6.45, 7) is 10.2. The van der Waals surface area contributed by atoms with Crippen LogP contribution in [0.15, 0.2) is 0 Å². The molecule has 0 spiro atoms. The van der Waals surface area contributed by atoms with Gasteiger partial charge in [-0.2, -0.15) is 0 Å². The predicted octanol–water partition coefficient (Wildman–Crippen LogP) is 2.39. The SMILES string of the molecule is CC(C)(C)N1CCC(O)CC1.O=C(O)N1CCCCC1. The molecule has 20 heavy (non-hydrogen) atoms. The Morgan fingerprint density at radius 1 is 1.00 bits per heavy atom. The van der Waals surface area contributed by atoms with Gasteiger partial charge in [-0.05, 0) is 52.9 Å². The predicted molar refractivity (Wildman–Crippen MR) is 80.0 cm³/mol. The molecule has 2 heterocycles. The van der Waals surface area contributed by atoms with Gasteiger partial charge in [0.2, 0.25) is 0 Å². The molecule has 2 N–H and O–H groups in total. The van der Waals surface area contributed by atoms with E-state index in [4.69, 9.17) is 5.11 Å². The molecule has 2 saturated heterocycles. The molecule has 0 aliphatic carbocycles. The summed E-state index contributed by atoms with van der Waals surface area (Å²) < 4.78 is 0. The zero-order valence-corrected chi connectivity index (χ0v) is 13.1. The lowest BCUT2D eigenvalue weighted by molar-refractivity contribution is 0.0378. The van der Waals surface area contributed by atoms with E-state index in [0.717, 1.165) is 51.9 Å². The van der Waals surface area contributed by atoms with Crippen molar-refractivity contribution in [3.63, 3.8) is 0 Å². The number of carboxylic acid groups (broad SMARTS) is 1. The number of piperidine rings is 2. The van der Waals surface area contributed by atoms with Crippen LogP contribution in [0, 0.1) is 0 Å². The average molecular weight is 286 g/mol. The van der Waals surface area contributed by atoms with Crippen molar-refractivity contribution in [1.82, 2.24) is 9.80 Å². The second kappa shape index (κ2) is 7.84. The third-order valence-electron chi connectivity index (χ3n) is 4.04. The zero-order valence-electron chi connectivity index (χ0n) is 13.1. The maximum absolute atomic E-state index is 10.3. The molecule has 5 nitrogen and oxygen atoms in total. The van der Waals surface area contributed by atoms with Gasteiger partial charge in [-0.25, -0.2) is 4.79 Å². The van der Waals surface area contributed by atoms with Gasteiger partial charge < -0.3 is 15.1 Å². The second-order valence-corrected chi connectivity index (χ2v) is 6.72. The smallest absolute Gasteiger partial charge is 0.407 e. The van der Waals surface area contributed by atoms with E-state index in [-0.39, 0.29) is 11.6 Å². The van der Waals surface area contributed by atoms with Crippen molar-refractivity contribution in [3.8, 4) is 0 Å². The van der Waals surface area contributed by atoms with Crippen LogP contribution < -0.4 is 0 Å². The van der Waals surface area contributed by atoms with Gasteiger partial charge in [0.15, 0.2) is 0 Å². The first-order chi connectivity index (χ1) is 9.30. The Kier molecular flexibility index (Phi) is 6.76. The van der Waals surface area contributed by atoms with Gasteiger partial charge >= 0.3 is 6.09 Å². The van der Waals surface area contributed by atoms with Gasteiger partial charge in [0.1, 0.15) is 0 Å². The minimum atomic E-state index is -0.769. The number of carbonyl (C=O) groups is 1. The molecule has 5 heteroatoms. The van der Waals surface area contributed by atoms with E-state index < -0.39 is 6.09 Å². The van der Waals surface area contributed by atoms with E-state index in [0.29, 0.717) is 0 Å². The maximum atomic E-state index is 10.3. The number of aliphatic hydroxyl groups is 1. The monoisotopic (exact) mass is 286 g/mol. The Morgan fingerprint density at radius 3 is 1.85 bits per heavy atom. The third kappa shape index (κ3) is 6.09. The molecule has 2 aliphatic heterocycles. The topological polar surface area (TPSA) is 64.0 Å². The Balaban J connectivity index is 0.000000204. The molecule has 118 valence electrons. The van der Waals surface area contributed by atoms with Gasteiger partial charge in [-0.3, -0.25) is 4.90 Å². The van der Waals surface area contributed by atoms with Crippen molar-refractivity contribution in [2.24, 2.45) is 0 Å². The van der Waals surface area contributed by atoms with Gasteiger partial charge in [0.05, 0.1) is 6.10 Å². The molecule has 0 aromatic carbocycles. The van der Waals surface area contributed by atoms with E-state index in [2.05, 4.69) is 25.7 Å². The Labute approximate surface area is 122 Å². The first kappa shape index (κ1) is 17.2. The van der Waals surface area contributed by atoms with Crippen LogP contribution in [-0.2, 0) is 0 Å². The summed E-state index contributed by atoms with van der Waals surface area (Å²) in [5.74, 6) is 0. The van der Waals surface area contributed by atoms with E-state index in [1.54, 1.807) is 0 Å². The Morgan fingerprint density at radius 2 is 1.50 bits per heavy atom. The van der Waals surface area contributed by atoms with Crippen LogP contribution in [0.4, 0.5) is 4.79 Å². The number of rotatable bonds is 0. The summed E-state index contributed by atoms with van der Waals surface area (Å²) in [5, 5.41) is 17.7. The second-order valence-electron chi connectivity index (χ2n) is 6.72. The molecule has 2 rings (SSSR count). The number of hydrogen-bond donors (Lipinski definition) is 2. The maximum Gasteiger partial charge on any atom is 0.407 e. The first-order valence-electron chi connectivity index (χ1n) is 7.71. The molecule has 0 radical (unpaired) electrons. The molecular weight excluding hydrogens is 256 g/mol. The fourth-order valence-corrected chi connectivity index (χ4v) is 2.62. The summed E-state index contributed by atoms with van der Waals surface area (Å²) in [6, 6.07) is 0. The number of likely N-dealkylation sites (tertiary alicyclic amines) is 2. The number of aliphatic hydroxyl groups excluding tert-OH is 1. The van der Waals surface area contributed by atoms with Crippen LogP contribution in [0.1, 0.15) is 52.9 Å². The first-order valence-corrected chi connectivity index (χ1v) is 7.71. The van der Waals surface area contributed by atoms with E-state index in [1.807, 2.05) is 0 Å². The highest BCUT2D eigenvalue weighted by atomic mass is 16.4. The number of amides is 1. The lowest BCUT2D eigenvalue weighted by Gasteiger charge is -2.39. The normalized spacial score (nSPS) is 22.1. The molecule has 0 atom stereocenters. The standard InChI is InChI=1S/C9H19NO.C6H11NO2/c1-9(2,3)10-6-4-8(11)5-7-10;8-6(9)7-4-2-1-3-5-7/h8,11H,4-7H2,1-3H3;1-5H2,(H,8,9). The fraction of sp³-hybridized carbons (Fsp3) is 0.933. The lowest BCUT2D eigenvalue weighted by Crippen LogP contribution is -2.47. The van der Waals surface area contributed by atoms with Gasteiger partial charge in [0, 0.05) is 31.7 Å². The largest absolute Gasteiger partial charge is 0.465 e. The highest BCUT2D eigenvalue weighted by molar-refractivity contribution is 5.64. The molecular formula is C15H30N2O3.